The zero-order valence-corrected chi connectivity index (χ0v) is 12.8. The summed E-state index contributed by atoms with van der Waals surface area (Å²) in [6.45, 7) is 4.83. The number of hydrogen-bond acceptors (Lipinski definition) is 3. The largest absolute Gasteiger partial charge is 0.465 e. The lowest BCUT2D eigenvalue weighted by atomic mass is 10.0. The number of rotatable bonds is 5. The molecule has 21 heavy (non-hydrogen) atoms. The summed E-state index contributed by atoms with van der Waals surface area (Å²) < 4.78 is 4.83. The molecular formula is C18H21NO2. The van der Waals surface area contributed by atoms with Crippen molar-refractivity contribution < 1.29 is 9.53 Å². The molecule has 0 fully saturated rings. The molecule has 3 heteroatoms. The molecule has 3 nitrogen and oxygen atoms in total. The van der Waals surface area contributed by atoms with Gasteiger partial charge in [0.1, 0.15) is 0 Å². The van der Waals surface area contributed by atoms with Crippen LogP contribution in [0.15, 0.2) is 42.5 Å². The molecule has 0 saturated carbocycles. The summed E-state index contributed by atoms with van der Waals surface area (Å²) >= 11 is 0. The number of para-hydroxylation sites is 1. The zero-order chi connectivity index (χ0) is 15.2. The van der Waals surface area contributed by atoms with E-state index in [0.717, 1.165) is 17.7 Å². The van der Waals surface area contributed by atoms with Gasteiger partial charge in [0.15, 0.2) is 0 Å². The molecule has 0 amide bonds. The fourth-order valence-electron chi connectivity index (χ4n) is 2.44. The van der Waals surface area contributed by atoms with Crippen LogP contribution in [0.2, 0.25) is 0 Å². The second-order valence-corrected chi connectivity index (χ2v) is 4.96. The van der Waals surface area contributed by atoms with Gasteiger partial charge in [-0.05, 0) is 36.1 Å². The summed E-state index contributed by atoms with van der Waals surface area (Å²) in [5, 5.41) is 3.46. The van der Waals surface area contributed by atoms with Crippen LogP contribution < -0.4 is 5.32 Å². The Balaban J connectivity index is 2.23. The Morgan fingerprint density at radius 1 is 1.10 bits per heavy atom. The predicted molar refractivity (Wildman–Crippen MR) is 85.7 cm³/mol. The van der Waals surface area contributed by atoms with Crippen molar-refractivity contribution in [3.63, 3.8) is 0 Å². The van der Waals surface area contributed by atoms with Crippen molar-refractivity contribution in [2.75, 3.05) is 12.4 Å². The molecule has 0 saturated heterocycles. The first-order chi connectivity index (χ1) is 10.2. The third kappa shape index (κ3) is 3.43. The van der Waals surface area contributed by atoms with Crippen LogP contribution in [-0.2, 0) is 17.7 Å². The summed E-state index contributed by atoms with van der Waals surface area (Å²) in [5.74, 6) is -0.298. The van der Waals surface area contributed by atoms with E-state index in [4.69, 9.17) is 4.74 Å². The summed E-state index contributed by atoms with van der Waals surface area (Å²) in [4.78, 5) is 11.8. The first-order valence-electron chi connectivity index (χ1n) is 7.16. The van der Waals surface area contributed by atoms with Crippen molar-refractivity contribution in [2.24, 2.45) is 0 Å². The smallest absolute Gasteiger partial charge is 0.338 e. The maximum Gasteiger partial charge on any atom is 0.338 e. The summed E-state index contributed by atoms with van der Waals surface area (Å²) in [5.41, 5.74) is 5.20. The van der Waals surface area contributed by atoms with E-state index in [1.807, 2.05) is 18.2 Å². The van der Waals surface area contributed by atoms with Gasteiger partial charge in [-0.3, -0.25) is 0 Å². The topological polar surface area (TPSA) is 38.3 Å². The molecule has 0 bridgehead atoms. The van der Waals surface area contributed by atoms with Crippen LogP contribution in [0, 0.1) is 6.92 Å². The second-order valence-electron chi connectivity index (χ2n) is 4.96. The Kier molecular flexibility index (Phi) is 4.99. The lowest BCUT2D eigenvalue weighted by Crippen LogP contribution is -2.10. The maximum atomic E-state index is 11.8. The van der Waals surface area contributed by atoms with Crippen LogP contribution in [0.5, 0.6) is 0 Å². The van der Waals surface area contributed by atoms with Gasteiger partial charge in [0, 0.05) is 12.2 Å². The van der Waals surface area contributed by atoms with Gasteiger partial charge in [0.2, 0.25) is 0 Å². The van der Waals surface area contributed by atoms with Crippen molar-refractivity contribution in [3.05, 3.63) is 64.7 Å². The molecule has 0 spiro atoms. The van der Waals surface area contributed by atoms with Crippen LogP contribution in [0.3, 0.4) is 0 Å². The zero-order valence-electron chi connectivity index (χ0n) is 12.8. The molecule has 0 unspecified atom stereocenters. The molecule has 110 valence electrons. The van der Waals surface area contributed by atoms with Gasteiger partial charge in [-0.2, -0.15) is 0 Å². The van der Waals surface area contributed by atoms with E-state index in [1.165, 1.54) is 18.2 Å². The van der Waals surface area contributed by atoms with Gasteiger partial charge in [0.25, 0.3) is 0 Å². The Bertz CT molecular complexity index is 635. The Morgan fingerprint density at radius 2 is 1.81 bits per heavy atom. The van der Waals surface area contributed by atoms with Gasteiger partial charge in [-0.15, -0.1) is 0 Å². The Hall–Kier alpha value is -2.29. The van der Waals surface area contributed by atoms with Crippen LogP contribution in [0.25, 0.3) is 0 Å². The lowest BCUT2D eigenvalue weighted by molar-refractivity contribution is 0.0599. The Labute approximate surface area is 126 Å². The summed E-state index contributed by atoms with van der Waals surface area (Å²) in [7, 11) is 1.41. The molecule has 2 aromatic carbocycles. The third-order valence-electron chi connectivity index (χ3n) is 3.62. The minimum atomic E-state index is -0.298. The summed E-state index contributed by atoms with van der Waals surface area (Å²) in [6, 6.07) is 13.8. The van der Waals surface area contributed by atoms with Gasteiger partial charge < -0.3 is 10.1 Å². The molecule has 0 heterocycles. The van der Waals surface area contributed by atoms with Crippen molar-refractivity contribution in [3.8, 4) is 0 Å². The molecule has 2 rings (SSSR count). The number of ether oxygens (including phenoxy) is 1. The molecule has 0 atom stereocenters. The van der Waals surface area contributed by atoms with E-state index >= 15 is 0 Å². The number of carbonyl (C=O) groups excluding carboxylic acids is 1. The van der Waals surface area contributed by atoms with E-state index in [9.17, 15) is 4.79 Å². The maximum absolute atomic E-state index is 11.8. The van der Waals surface area contributed by atoms with Crippen LogP contribution >= 0.6 is 0 Å². The molecule has 0 aliphatic heterocycles. The molecular weight excluding hydrogens is 262 g/mol. The van der Waals surface area contributed by atoms with Gasteiger partial charge >= 0.3 is 5.97 Å². The van der Waals surface area contributed by atoms with Crippen molar-refractivity contribution in [1.82, 2.24) is 0 Å². The SMILES string of the molecule is CCc1cccc(C)c1NCc1ccccc1C(=O)OC. The van der Waals surface area contributed by atoms with E-state index in [2.05, 4.69) is 37.4 Å². The minimum Gasteiger partial charge on any atom is -0.465 e. The first-order valence-corrected chi connectivity index (χ1v) is 7.16. The second kappa shape index (κ2) is 6.93. The highest BCUT2D eigenvalue weighted by molar-refractivity contribution is 5.91. The number of hydrogen-bond donors (Lipinski definition) is 1. The first kappa shape index (κ1) is 15.1. The highest BCUT2D eigenvalue weighted by Crippen LogP contribution is 2.22. The van der Waals surface area contributed by atoms with Crippen LogP contribution in [0.1, 0.15) is 34.0 Å². The monoisotopic (exact) mass is 283 g/mol. The summed E-state index contributed by atoms with van der Waals surface area (Å²) in [6.07, 6.45) is 0.975. The highest BCUT2D eigenvalue weighted by atomic mass is 16.5. The molecule has 0 aliphatic rings. The lowest BCUT2D eigenvalue weighted by Gasteiger charge is -2.15. The molecule has 0 radical (unpaired) electrons. The van der Waals surface area contributed by atoms with Crippen molar-refractivity contribution in [2.45, 2.75) is 26.8 Å². The number of esters is 1. The number of carbonyl (C=O) groups is 1. The van der Waals surface area contributed by atoms with E-state index in [0.29, 0.717) is 12.1 Å². The Morgan fingerprint density at radius 3 is 2.52 bits per heavy atom. The molecule has 0 aromatic heterocycles. The average Bonchev–Trinajstić information content (AvgIpc) is 2.53. The minimum absolute atomic E-state index is 0.298. The number of methoxy groups -OCH3 is 1. The van der Waals surface area contributed by atoms with Gasteiger partial charge in [0.05, 0.1) is 12.7 Å². The van der Waals surface area contributed by atoms with E-state index in [1.54, 1.807) is 6.07 Å². The standard InChI is InChI=1S/C18H21NO2/c1-4-14-10-7-8-13(2)17(14)19-12-15-9-5-6-11-16(15)18(20)21-3/h5-11,19H,4,12H2,1-3H3. The number of anilines is 1. The van der Waals surface area contributed by atoms with Gasteiger partial charge in [-0.1, -0.05) is 43.3 Å². The van der Waals surface area contributed by atoms with Gasteiger partial charge in [-0.25, -0.2) is 4.79 Å². The van der Waals surface area contributed by atoms with E-state index < -0.39 is 0 Å². The number of benzene rings is 2. The molecule has 1 N–H and O–H groups in total. The average molecular weight is 283 g/mol. The number of nitrogens with one attached hydrogen (secondary N) is 1. The fourth-order valence-corrected chi connectivity index (χ4v) is 2.44. The molecule has 0 aliphatic carbocycles. The van der Waals surface area contributed by atoms with Crippen molar-refractivity contribution >= 4 is 11.7 Å². The van der Waals surface area contributed by atoms with Crippen LogP contribution in [0.4, 0.5) is 5.69 Å². The van der Waals surface area contributed by atoms with Crippen LogP contribution in [-0.4, -0.2) is 13.1 Å². The number of aryl methyl sites for hydroxylation is 2. The predicted octanol–water partition coefficient (Wildman–Crippen LogP) is 3.96. The highest BCUT2D eigenvalue weighted by Gasteiger charge is 2.11. The third-order valence-corrected chi connectivity index (χ3v) is 3.62. The van der Waals surface area contributed by atoms with Crippen molar-refractivity contribution in [1.29, 1.82) is 0 Å². The van der Waals surface area contributed by atoms with E-state index in [-0.39, 0.29) is 5.97 Å². The fraction of sp³-hybridized carbons (Fsp3) is 0.278. The molecule has 2 aromatic rings. The quantitative estimate of drug-likeness (QED) is 0.844. The normalized spacial score (nSPS) is 10.2.